The molecule has 33 heavy (non-hydrogen) atoms. The minimum absolute atomic E-state index is 0.00696. The van der Waals surface area contributed by atoms with E-state index in [1.165, 1.54) is 23.5 Å². The molecule has 2 aromatic rings. The molecule has 1 aromatic carbocycles. The number of nitrogens with one attached hydrogen (secondary N) is 2. The van der Waals surface area contributed by atoms with Crippen LogP contribution in [0.15, 0.2) is 34.5 Å². The van der Waals surface area contributed by atoms with Crippen LogP contribution in [0.2, 0.25) is 0 Å². The first kappa shape index (κ1) is 25.0. The molecule has 2 amide bonds. The number of methoxy groups -OCH3 is 1. The van der Waals surface area contributed by atoms with Gasteiger partial charge in [-0.05, 0) is 63.3 Å². The number of piperidine rings is 1. The molecule has 0 spiro atoms. The number of hydrogen-bond acceptors (Lipinski definition) is 7. The monoisotopic (exact) mass is 495 g/mol. The number of carbonyl (C=O) groups excluding carboxylic acids is 2. The molecule has 1 saturated heterocycles. The van der Waals surface area contributed by atoms with Crippen LogP contribution in [0.1, 0.15) is 49.7 Å². The molecule has 11 heteroatoms. The first-order valence-corrected chi connectivity index (χ1v) is 12.9. The van der Waals surface area contributed by atoms with E-state index >= 15 is 0 Å². The van der Waals surface area contributed by atoms with E-state index in [4.69, 9.17) is 9.47 Å². The average molecular weight is 496 g/mol. The van der Waals surface area contributed by atoms with Crippen LogP contribution in [0.4, 0.5) is 16.2 Å². The third-order valence-corrected chi connectivity index (χ3v) is 7.84. The molecule has 2 heterocycles. The number of carbonyl (C=O) groups is 2. The second-order valence-electron chi connectivity index (χ2n) is 8.57. The Bertz CT molecular complexity index is 1120. The lowest BCUT2D eigenvalue weighted by atomic mass is 10.2. The largest absolute Gasteiger partial charge is 0.495 e. The summed E-state index contributed by atoms with van der Waals surface area (Å²) in [6, 6.07) is 6.17. The Kier molecular flexibility index (Phi) is 7.65. The lowest BCUT2D eigenvalue weighted by Crippen LogP contribution is -2.36. The van der Waals surface area contributed by atoms with Gasteiger partial charge in [-0.15, -0.1) is 11.3 Å². The molecule has 0 bridgehead atoms. The van der Waals surface area contributed by atoms with Crippen LogP contribution in [-0.2, 0) is 14.8 Å². The Morgan fingerprint density at radius 3 is 2.39 bits per heavy atom. The van der Waals surface area contributed by atoms with Crippen molar-refractivity contribution < 1.29 is 27.5 Å². The predicted molar refractivity (Wildman–Crippen MR) is 128 cm³/mol. The summed E-state index contributed by atoms with van der Waals surface area (Å²) in [7, 11) is -2.29. The highest BCUT2D eigenvalue weighted by Crippen LogP contribution is 2.31. The lowest BCUT2D eigenvalue weighted by molar-refractivity contribution is 0.0635. The van der Waals surface area contributed by atoms with E-state index in [0.717, 1.165) is 30.6 Å². The molecule has 1 aliphatic rings. The minimum Gasteiger partial charge on any atom is -0.495 e. The fourth-order valence-electron chi connectivity index (χ4n) is 3.40. The average Bonchev–Trinajstić information content (AvgIpc) is 3.24. The number of benzene rings is 1. The Labute approximate surface area is 198 Å². The number of hydrogen-bond donors (Lipinski definition) is 2. The highest BCUT2D eigenvalue weighted by Gasteiger charge is 2.31. The number of rotatable bonds is 6. The van der Waals surface area contributed by atoms with Crippen LogP contribution < -0.4 is 15.4 Å². The number of amides is 2. The zero-order valence-electron chi connectivity index (χ0n) is 19.1. The third-order valence-electron chi connectivity index (χ3n) is 4.86. The standard InChI is InChI=1S/C22H29N3O6S2/c1-22(2,3)31-21(27)24-16-14-15(8-9-17(16)30-4)23-20(26)19-18(10-13-32-19)33(28,29)25-11-6-5-7-12-25/h8-10,13-14H,5-7,11-12H2,1-4H3,(H,23,26)(H,24,27). The normalized spacial score (nSPS) is 15.0. The van der Waals surface area contributed by atoms with Crippen LogP contribution in [0, 0.1) is 0 Å². The molecule has 1 aliphatic heterocycles. The third kappa shape index (κ3) is 6.24. The summed E-state index contributed by atoms with van der Waals surface area (Å²) in [4.78, 5) is 25.3. The Morgan fingerprint density at radius 2 is 1.76 bits per heavy atom. The molecule has 3 rings (SSSR count). The van der Waals surface area contributed by atoms with Gasteiger partial charge in [-0.25, -0.2) is 13.2 Å². The molecule has 1 aromatic heterocycles. The Hall–Kier alpha value is -2.63. The first-order chi connectivity index (χ1) is 15.5. The fraction of sp³-hybridized carbons (Fsp3) is 0.455. The molecular weight excluding hydrogens is 466 g/mol. The van der Waals surface area contributed by atoms with Crippen molar-refractivity contribution in [1.82, 2.24) is 4.31 Å². The van der Waals surface area contributed by atoms with Crippen molar-refractivity contribution in [3.8, 4) is 5.75 Å². The molecule has 0 atom stereocenters. The van der Waals surface area contributed by atoms with E-state index < -0.39 is 27.6 Å². The lowest BCUT2D eigenvalue weighted by Gasteiger charge is -2.25. The van der Waals surface area contributed by atoms with Gasteiger partial charge >= 0.3 is 6.09 Å². The quantitative estimate of drug-likeness (QED) is 0.609. The van der Waals surface area contributed by atoms with Crippen molar-refractivity contribution in [3.63, 3.8) is 0 Å². The van der Waals surface area contributed by atoms with Crippen molar-refractivity contribution in [3.05, 3.63) is 34.5 Å². The van der Waals surface area contributed by atoms with Crippen LogP contribution in [0.25, 0.3) is 0 Å². The molecule has 0 radical (unpaired) electrons. The fourth-order valence-corrected chi connectivity index (χ4v) is 6.21. The van der Waals surface area contributed by atoms with Gasteiger partial charge in [0.05, 0.1) is 12.8 Å². The summed E-state index contributed by atoms with van der Waals surface area (Å²) in [6.45, 7) is 6.15. The van der Waals surface area contributed by atoms with Gasteiger partial charge in [-0.3, -0.25) is 10.1 Å². The molecule has 180 valence electrons. The van der Waals surface area contributed by atoms with Crippen molar-refractivity contribution >= 4 is 44.7 Å². The van der Waals surface area contributed by atoms with Gasteiger partial charge in [0.1, 0.15) is 21.1 Å². The van der Waals surface area contributed by atoms with Gasteiger partial charge in [0.25, 0.3) is 5.91 Å². The van der Waals surface area contributed by atoms with Gasteiger partial charge in [0.2, 0.25) is 10.0 Å². The zero-order chi connectivity index (χ0) is 24.2. The summed E-state index contributed by atoms with van der Waals surface area (Å²) >= 11 is 1.06. The Morgan fingerprint density at radius 1 is 1.06 bits per heavy atom. The molecule has 0 unspecified atom stereocenters. The minimum atomic E-state index is -3.75. The van der Waals surface area contributed by atoms with Gasteiger partial charge in [-0.2, -0.15) is 4.31 Å². The van der Waals surface area contributed by atoms with E-state index in [-0.39, 0.29) is 9.77 Å². The highest BCUT2D eigenvalue weighted by molar-refractivity contribution is 7.89. The number of sulfonamides is 1. The number of nitrogens with zero attached hydrogens (tertiary/aromatic N) is 1. The smallest absolute Gasteiger partial charge is 0.412 e. The Balaban J connectivity index is 1.80. The summed E-state index contributed by atoms with van der Waals surface area (Å²) in [5.41, 5.74) is -0.0167. The highest BCUT2D eigenvalue weighted by atomic mass is 32.2. The van der Waals surface area contributed by atoms with Crippen LogP contribution in [0.3, 0.4) is 0 Å². The molecular formula is C22H29N3O6S2. The maximum atomic E-state index is 13.1. The maximum absolute atomic E-state index is 13.1. The molecule has 9 nitrogen and oxygen atoms in total. The summed E-state index contributed by atoms with van der Waals surface area (Å²) in [6.07, 6.45) is 1.95. The summed E-state index contributed by atoms with van der Waals surface area (Å²) in [5.74, 6) is -0.169. The van der Waals surface area contributed by atoms with Gasteiger partial charge in [0, 0.05) is 18.8 Å². The molecule has 0 aliphatic carbocycles. The zero-order valence-corrected chi connectivity index (χ0v) is 20.8. The summed E-state index contributed by atoms with van der Waals surface area (Å²) in [5, 5.41) is 6.91. The molecule has 0 saturated carbocycles. The maximum Gasteiger partial charge on any atom is 0.412 e. The number of thiophene rings is 1. The molecule has 1 fully saturated rings. The van der Waals surface area contributed by atoms with E-state index in [1.807, 2.05) is 0 Å². The van der Waals surface area contributed by atoms with Crippen molar-refractivity contribution in [1.29, 1.82) is 0 Å². The van der Waals surface area contributed by atoms with Crippen molar-refractivity contribution in [2.45, 2.75) is 50.5 Å². The van der Waals surface area contributed by atoms with Crippen molar-refractivity contribution in [2.75, 3.05) is 30.8 Å². The number of ether oxygens (including phenoxy) is 2. The summed E-state index contributed by atoms with van der Waals surface area (Å²) < 4.78 is 38.1. The second-order valence-corrected chi connectivity index (χ2v) is 11.4. The van der Waals surface area contributed by atoms with E-state index in [1.54, 1.807) is 38.3 Å². The van der Waals surface area contributed by atoms with Crippen LogP contribution in [0.5, 0.6) is 5.75 Å². The van der Waals surface area contributed by atoms with Gasteiger partial charge in [0.15, 0.2) is 0 Å². The van der Waals surface area contributed by atoms with E-state index in [2.05, 4.69) is 10.6 Å². The molecule has 2 N–H and O–H groups in total. The van der Waals surface area contributed by atoms with Gasteiger partial charge in [-0.1, -0.05) is 6.42 Å². The van der Waals surface area contributed by atoms with E-state index in [9.17, 15) is 18.0 Å². The number of anilines is 2. The van der Waals surface area contributed by atoms with Crippen molar-refractivity contribution in [2.24, 2.45) is 0 Å². The second kappa shape index (κ2) is 10.1. The van der Waals surface area contributed by atoms with Gasteiger partial charge < -0.3 is 14.8 Å². The van der Waals surface area contributed by atoms with E-state index in [0.29, 0.717) is 30.2 Å². The predicted octanol–water partition coefficient (Wildman–Crippen LogP) is 4.53. The topological polar surface area (TPSA) is 114 Å². The van der Waals surface area contributed by atoms with Crippen LogP contribution in [-0.4, -0.2) is 50.5 Å². The van der Waals surface area contributed by atoms with Crippen LogP contribution >= 0.6 is 11.3 Å². The SMILES string of the molecule is COc1ccc(NC(=O)c2sccc2S(=O)(=O)N2CCCCC2)cc1NC(=O)OC(C)(C)C. The first-order valence-electron chi connectivity index (χ1n) is 10.6.